The van der Waals surface area contributed by atoms with Crippen LogP contribution in [0.15, 0.2) is 54.9 Å². The summed E-state index contributed by atoms with van der Waals surface area (Å²) in [4.78, 5) is 4.38. The van der Waals surface area contributed by atoms with Crippen molar-refractivity contribution < 1.29 is 0 Å². The van der Waals surface area contributed by atoms with Gasteiger partial charge in [-0.3, -0.25) is 0 Å². The van der Waals surface area contributed by atoms with Crippen LogP contribution in [0.3, 0.4) is 0 Å². The maximum absolute atomic E-state index is 6.46. The Morgan fingerprint density at radius 1 is 1.12 bits per heavy atom. The monoisotopic (exact) mass is 352 g/mol. The number of aromatic nitrogens is 3. The molecule has 0 bridgehead atoms. The lowest BCUT2D eigenvalue weighted by Crippen LogP contribution is -2.28. The van der Waals surface area contributed by atoms with Crippen LogP contribution in [-0.2, 0) is 0 Å². The third kappa shape index (κ3) is 3.02. The fourth-order valence-corrected chi connectivity index (χ4v) is 3.72. The molecule has 0 fully saturated rings. The second-order valence-electron chi connectivity index (χ2n) is 6.82. The Labute approximate surface area is 152 Å². The first-order valence-corrected chi connectivity index (χ1v) is 9.01. The van der Waals surface area contributed by atoms with E-state index in [9.17, 15) is 0 Å². The highest BCUT2D eigenvalue weighted by Crippen LogP contribution is 2.39. The van der Waals surface area contributed by atoms with Crippen molar-refractivity contribution in [2.75, 3.05) is 5.32 Å². The summed E-state index contributed by atoms with van der Waals surface area (Å²) in [5.74, 6) is 1.32. The molecule has 1 aromatic heterocycles. The van der Waals surface area contributed by atoms with Crippen molar-refractivity contribution in [1.82, 2.24) is 14.8 Å². The van der Waals surface area contributed by atoms with Gasteiger partial charge in [0.2, 0.25) is 5.95 Å². The molecule has 0 saturated heterocycles. The highest BCUT2D eigenvalue weighted by Gasteiger charge is 2.30. The van der Waals surface area contributed by atoms with Crippen molar-refractivity contribution in [2.45, 2.75) is 38.3 Å². The van der Waals surface area contributed by atoms with Gasteiger partial charge in [-0.15, -0.1) is 0 Å². The second kappa shape index (κ2) is 6.52. The Hall–Kier alpha value is -2.33. The number of anilines is 1. The molecule has 4 nitrogen and oxygen atoms in total. The summed E-state index contributed by atoms with van der Waals surface area (Å²) >= 11 is 6.46. The maximum Gasteiger partial charge on any atom is 0.222 e. The van der Waals surface area contributed by atoms with E-state index in [4.69, 9.17) is 11.6 Å². The Bertz CT molecular complexity index is 869. The summed E-state index contributed by atoms with van der Waals surface area (Å²) in [6.07, 6.45) is 2.47. The number of benzene rings is 2. The summed E-state index contributed by atoms with van der Waals surface area (Å²) in [6, 6.07) is 17.1. The zero-order valence-corrected chi connectivity index (χ0v) is 15.1. The quantitative estimate of drug-likeness (QED) is 0.704. The minimum atomic E-state index is 0.0715. The smallest absolute Gasteiger partial charge is 0.222 e. The average Bonchev–Trinajstić information content (AvgIpc) is 3.10. The van der Waals surface area contributed by atoms with Crippen LogP contribution in [0, 0.1) is 0 Å². The number of nitrogens with one attached hydrogen (secondary N) is 1. The van der Waals surface area contributed by atoms with Gasteiger partial charge < -0.3 is 5.32 Å². The van der Waals surface area contributed by atoms with E-state index < -0.39 is 0 Å². The van der Waals surface area contributed by atoms with E-state index in [1.54, 1.807) is 6.33 Å². The molecule has 0 saturated carbocycles. The Kier molecular flexibility index (Phi) is 4.22. The van der Waals surface area contributed by atoms with E-state index in [1.807, 2.05) is 22.9 Å². The van der Waals surface area contributed by atoms with Crippen LogP contribution < -0.4 is 5.32 Å². The van der Waals surface area contributed by atoms with Gasteiger partial charge in [-0.1, -0.05) is 67.9 Å². The van der Waals surface area contributed by atoms with E-state index in [0.29, 0.717) is 5.92 Å². The number of halogens is 1. The highest BCUT2D eigenvalue weighted by molar-refractivity contribution is 6.31. The summed E-state index contributed by atoms with van der Waals surface area (Å²) in [5.41, 5.74) is 3.70. The Balaban J connectivity index is 1.70. The van der Waals surface area contributed by atoms with Crippen LogP contribution in [0.2, 0.25) is 5.02 Å². The molecular weight excluding hydrogens is 332 g/mol. The largest absolute Gasteiger partial charge is 0.348 e. The zero-order chi connectivity index (χ0) is 17.4. The van der Waals surface area contributed by atoms with Gasteiger partial charge in [-0.2, -0.15) is 10.1 Å². The van der Waals surface area contributed by atoms with E-state index in [-0.39, 0.29) is 12.1 Å². The van der Waals surface area contributed by atoms with Crippen molar-refractivity contribution in [3.8, 4) is 0 Å². The Morgan fingerprint density at radius 3 is 2.60 bits per heavy atom. The van der Waals surface area contributed by atoms with E-state index in [0.717, 1.165) is 23.0 Å². The highest BCUT2D eigenvalue weighted by atomic mass is 35.5. The molecule has 3 aromatic rings. The average molecular weight is 353 g/mol. The van der Waals surface area contributed by atoms with Crippen molar-refractivity contribution in [3.63, 3.8) is 0 Å². The molecule has 0 spiro atoms. The number of nitrogens with zero attached hydrogens (tertiary/aromatic N) is 3. The molecule has 1 aliphatic heterocycles. The molecule has 2 heterocycles. The SMILES string of the molecule is CC(C)c1ccc([C@H]2C[C@@H](c3ccccc3Cl)n3ncnc3N2)cc1. The standard InChI is InChI=1S/C20H21ClN4/c1-13(2)14-7-9-15(10-8-14)18-11-19(16-5-3-4-6-17(16)21)25-20(24-18)22-12-23-25/h3-10,12-13,18-19H,11H2,1-2H3,(H,22,23,24)/t18-,19+/m1/s1. The lowest BCUT2D eigenvalue weighted by Gasteiger charge is -2.32. The molecule has 0 amide bonds. The van der Waals surface area contributed by atoms with Crippen molar-refractivity contribution >= 4 is 17.5 Å². The fraction of sp³-hybridized carbons (Fsp3) is 0.300. The summed E-state index contributed by atoms with van der Waals surface area (Å²) in [7, 11) is 0. The third-order valence-corrected chi connectivity index (χ3v) is 5.24. The molecule has 5 heteroatoms. The van der Waals surface area contributed by atoms with Gasteiger partial charge in [0.05, 0.1) is 12.1 Å². The number of fused-ring (bicyclic) bond motifs is 1. The van der Waals surface area contributed by atoms with Gasteiger partial charge in [0.15, 0.2) is 0 Å². The van der Waals surface area contributed by atoms with Gasteiger partial charge in [-0.05, 0) is 35.1 Å². The second-order valence-corrected chi connectivity index (χ2v) is 7.23. The molecule has 1 N–H and O–H groups in total. The lowest BCUT2D eigenvalue weighted by molar-refractivity contribution is 0.431. The summed E-state index contributed by atoms with van der Waals surface area (Å²) in [5, 5.41) is 8.68. The fourth-order valence-electron chi connectivity index (χ4n) is 3.46. The maximum atomic E-state index is 6.46. The minimum Gasteiger partial charge on any atom is -0.348 e. The topological polar surface area (TPSA) is 42.7 Å². The van der Waals surface area contributed by atoms with Crippen LogP contribution in [0.1, 0.15) is 55.0 Å². The molecular formula is C20H21ClN4. The van der Waals surface area contributed by atoms with Gasteiger partial charge in [0.25, 0.3) is 0 Å². The van der Waals surface area contributed by atoms with E-state index in [2.05, 4.69) is 59.6 Å². The predicted octanol–water partition coefficient (Wildman–Crippen LogP) is 5.20. The summed E-state index contributed by atoms with van der Waals surface area (Å²) < 4.78 is 1.93. The summed E-state index contributed by atoms with van der Waals surface area (Å²) in [6.45, 7) is 4.42. The van der Waals surface area contributed by atoms with Crippen molar-refractivity contribution in [2.24, 2.45) is 0 Å². The van der Waals surface area contributed by atoms with Crippen LogP contribution in [0.25, 0.3) is 0 Å². The van der Waals surface area contributed by atoms with Gasteiger partial charge in [0, 0.05) is 5.02 Å². The normalized spacial score (nSPS) is 19.5. The molecule has 0 radical (unpaired) electrons. The van der Waals surface area contributed by atoms with Crippen molar-refractivity contribution in [1.29, 1.82) is 0 Å². The van der Waals surface area contributed by atoms with Gasteiger partial charge in [0.1, 0.15) is 6.33 Å². The first-order chi connectivity index (χ1) is 12.1. The third-order valence-electron chi connectivity index (χ3n) is 4.90. The molecule has 0 aliphatic carbocycles. The first-order valence-electron chi connectivity index (χ1n) is 8.64. The van der Waals surface area contributed by atoms with Crippen molar-refractivity contribution in [3.05, 3.63) is 76.6 Å². The first kappa shape index (κ1) is 16.2. The van der Waals surface area contributed by atoms with Crippen LogP contribution >= 0.6 is 11.6 Å². The molecule has 4 rings (SSSR count). The molecule has 2 aromatic carbocycles. The molecule has 1 aliphatic rings. The molecule has 0 unspecified atom stereocenters. The predicted molar refractivity (Wildman–Crippen MR) is 101 cm³/mol. The minimum absolute atomic E-state index is 0.0715. The number of hydrogen-bond donors (Lipinski definition) is 1. The van der Waals surface area contributed by atoms with Crippen LogP contribution in [0.5, 0.6) is 0 Å². The van der Waals surface area contributed by atoms with Gasteiger partial charge >= 0.3 is 0 Å². The molecule has 2 atom stereocenters. The molecule has 128 valence electrons. The number of rotatable bonds is 3. The lowest BCUT2D eigenvalue weighted by atomic mass is 9.92. The van der Waals surface area contributed by atoms with E-state index >= 15 is 0 Å². The number of hydrogen-bond acceptors (Lipinski definition) is 3. The van der Waals surface area contributed by atoms with Gasteiger partial charge in [-0.25, -0.2) is 4.68 Å². The van der Waals surface area contributed by atoms with Crippen LogP contribution in [0.4, 0.5) is 5.95 Å². The van der Waals surface area contributed by atoms with Crippen LogP contribution in [-0.4, -0.2) is 14.8 Å². The van der Waals surface area contributed by atoms with E-state index in [1.165, 1.54) is 11.1 Å². The zero-order valence-electron chi connectivity index (χ0n) is 14.4. The Morgan fingerprint density at radius 2 is 1.88 bits per heavy atom. The molecule has 25 heavy (non-hydrogen) atoms.